The van der Waals surface area contributed by atoms with E-state index in [9.17, 15) is 4.79 Å². The Morgan fingerprint density at radius 3 is 2.59 bits per heavy atom. The molecule has 3 fully saturated rings. The molecular formula is C14H24N2O. The first kappa shape index (κ1) is 11.5. The quantitative estimate of drug-likeness (QED) is 0.815. The second kappa shape index (κ2) is 4.27. The molecule has 1 heterocycles. The average molecular weight is 236 g/mol. The highest BCUT2D eigenvalue weighted by molar-refractivity contribution is 5.91. The zero-order chi connectivity index (χ0) is 11.9. The van der Waals surface area contributed by atoms with Crippen molar-refractivity contribution in [2.75, 3.05) is 6.54 Å². The first-order chi connectivity index (χ1) is 8.25. The van der Waals surface area contributed by atoms with Gasteiger partial charge in [0.1, 0.15) is 0 Å². The highest BCUT2D eigenvalue weighted by Gasteiger charge is 2.58. The Morgan fingerprint density at radius 2 is 2.00 bits per heavy atom. The van der Waals surface area contributed by atoms with E-state index in [2.05, 4.69) is 17.1 Å². The predicted molar refractivity (Wildman–Crippen MR) is 67.5 cm³/mol. The SMILES string of the molecule is CCC1NC2(CC2)C(=O)N1CC1CCCCC1. The molecule has 2 aliphatic carbocycles. The van der Waals surface area contributed by atoms with Gasteiger partial charge in [-0.25, -0.2) is 0 Å². The van der Waals surface area contributed by atoms with Gasteiger partial charge in [-0.05, 0) is 38.0 Å². The maximum atomic E-state index is 12.4. The van der Waals surface area contributed by atoms with E-state index < -0.39 is 0 Å². The van der Waals surface area contributed by atoms with Gasteiger partial charge < -0.3 is 4.90 Å². The van der Waals surface area contributed by atoms with Crippen LogP contribution in [-0.2, 0) is 4.79 Å². The highest BCUT2D eigenvalue weighted by Crippen LogP contribution is 2.43. The van der Waals surface area contributed by atoms with Crippen LogP contribution in [0.3, 0.4) is 0 Å². The minimum atomic E-state index is -0.116. The molecule has 1 saturated heterocycles. The van der Waals surface area contributed by atoms with Crippen molar-refractivity contribution >= 4 is 5.91 Å². The molecule has 17 heavy (non-hydrogen) atoms. The van der Waals surface area contributed by atoms with Crippen LogP contribution in [0.2, 0.25) is 0 Å². The molecule has 3 aliphatic rings. The van der Waals surface area contributed by atoms with Gasteiger partial charge >= 0.3 is 0 Å². The Balaban J connectivity index is 1.65. The number of nitrogens with zero attached hydrogens (tertiary/aromatic N) is 1. The Labute approximate surface area is 104 Å². The van der Waals surface area contributed by atoms with Crippen molar-refractivity contribution in [3.8, 4) is 0 Å². The lowest BCUT2D eigenvalue weighted by Gasteiger charge is -2.30. The molecule has 1 spiro atoms. The molecule has 2 saturated carbocycles. The van der Waals surface area contributed by atoms with E-state index >= 15 is 0 Å². The number of nitrogens with one attached hydrogen (secondary N) is 1. The minimum absolute atomic E-state index is 0.116. The van der Waals surface area contributed by atoms with E-state index in [1.807, 2.05) is 0 Å². The maximum absolute atomic E-state index is 12.4. The van der Waals surface area contributed by atoms with E-state index in [-0.39, 0.29) is 5.54 Å². The van der Waals surface area contributed by atoms with Crippen LogP contribution in [0, 0.1) is 5.92 Å². The van der Waals surface area contributed by atoms with Crippen molar-refractivity contribution in [3.63, 3.8) is 0 Å². The van der Waals surface area contributed by atoms with E-state index in [0.717, 1.165) is 31.7 Å². The van der Waals surface area contributed by atoms with Crippen LogP contribution in [-0.4, -0.2) is 29.1 Å². The first-order valence-electron chi connectivity index (χ1n) is 7.34. The van der Waals surface area contributed by atoms with Crippen LogP contribution in [0.15, 0.2) is 0 Å². The van der Waals surface area contributed by atoms with Crippen LogP contribution in [0.5, 0.6) is 0 Å². The summed E-state index contributed by atoms with van der Waals surface area (Å²) in [5.74, 6) is 1.16. The molecule has 3 heteroatoms. The molecule has 3 rings (SSSR count). The normalized spacial score (nSPS) is 32.4. The molecular weight excluding hydrogens is 212 g/mol. The monoisotopic (exact) mass is 236 g/mol. The van der Waals surface area contributed by atoms with Gasteiger partial charge in [0.15, 0.2) is 0 Å². The van der Waals surface area contributed by atoms with Gasteiger partial charge in [-0.3, -0.25) is 10.1 Å². The molecule has 1 unspecified atom stereocenters. The summed E-state index contributed by atoms with van der Waals surface area (Å²) in [5, 5.41) is 3.56. The summed E-state index contributed by atoms with van der Waals surface area (Å²) in [6, 6.07) is 0. The lowest BCUT2D eigenvalue weighted by atomic mass is 9.89. The molecule has 3 nitrogen and oxygen atoms in total. The fourth-order valence-corrected chi connectivity index (χ4v) is 3.54. The fourth-order valence-electron chi connectivity index (χ4n) is 3.54. The zero-order valence-corrected chi connectivity index (χ0v) is 10.9. The number of hydrogen-bond acceptors (Lipinski definition) is 2. The molecule has 0 bridgehead atoms. The summed E-state index contributed by atoms with van der Waals surface area (Å²) < 4.78 is 0. The van der Waals surface area contributed by atoms with Crippen molar-refractivity contribution in [1.29, 1.82) is 0 Å². The van der Waals surface area contributed by atoms with Crippen molar-refractivity contribution in [1.82, 2.24) is 10.2 Å². The van der Waals surface area contributed by atoms with Gasteiger partial charge in [0, 0.05) is 6.54 Å². The van der Waals surface area contributed by atoms with Crippen LogP contribution in [0.4, 0.5) is 0 Å². The number of carbonyl (C=O) groups excluding carboxylic acids is 1. The summed E-state index contributed by atoms with van der Waals surface area (Å²) in [4.78, 5) is 14.6. The molecule has 0 aromatic heterocycles. The Kier molecular flexibility index (Phi) is 2.89. The average Bonchev–Trinajstić information content (AvgIpc) is 3.10. The largest absolute Gasteiger partial charge is 0.325 e. The number of hydrogen-bond donors (Lipinski definition) is 1. The molecule has 1 aliphatic heterocycles. The Hall–Kier alpha value is -0.570. The molecule has 1 atom stereocenters. The molecule has 0 aromatic rings. The van der Waals surface area contributed by atoms with Gasteiger partial charge in [0.25, 0.3) is 0 Å². The molecule has 1 N–H and O–H groups in total. The zero-order valence-electron chi connectivity index (χ0n) is 10.9. The summed E-state index contributed by atoms with van der Waals surface area (Å²) >= 11 is 0. The molecule has 1 amide bonds. The van der Waals surface area contributed by atoms with Crippen molar-refractivity contribution < 1.29 is 4.79 Å². The van der Waals surface area contributed by atoms with Crippen molar-refractivity contribution in [3.05, 3.63) is 0 Å². The number of rotatable bonds is 3. The van der Waals surface area contributed by atoms with Crippen LogP contribution in [0.25, 0.3) is 0 Å². The van der Waals surface area contributed by atoms with Gasteiger partial charge in [-0.1, -0.05) is 26.2 Å². The third kappa shape index (κ3) is 1.99. The summed E-state index contributed by atoms with van der Waals surface area (Å²) in [6.45, 7) is 3.19. The van der Waals surface area contributed by atoms with Gasteiger partial charge in [0.05, 0.1) is 11.7 Å². The second-order valence-corrected chi connectivity index (χ2v) is 6.11. The standard InChI is InChI=1S/C14H24N2O/c1-2-12-15-14(8-9-14)13(17)16(12)10-11-6-4-3-5-7-11/h11-12,15H,2-10H2,1H3. The van der Waals surface area contributed by atoms with E-state index in [1.165, 1.54) is 32.1 Å². The molecule has 96 valence electrons. The summed E-state index contributed by atoms with van der Waals surface area (Å²) in [7, 11) is 0. The van der Waals surface area contributed by atoms with Gasteiger partial charge in [-0.15, -0.1) is 0 Å². The minimum Gasteiger partial charge on any atom is -0.325 e. The lowest BCUT2D eigenvalue weighted by Crippen LogP contribution is -2.40. The van der Waals surface area contributed by atoms with E-state index in [4.69, 9.17) is 0 Å². The van der Waals surface area contributed by atoms with Gasteiger partial charge in [0.2, 0.25) is 5.91 Å². The Morgan fingerprint density at radius 1 is 1.29 bits per heavy atom. The number of amides is 1. The van der Waals surface area contributed by atoms with Crippen molar-refractivity contribution in [2.24, 2.45) is 5.92 Å². The molecule has 0 radical (unpaired) electrons. The van der Waals surface area contributed by atoms with E-state index in [1.54, 1.807) is 0 Å². The second-order valence-electron chi connectivity index (χ2n) is 6.11. The first-order valence-corrected chi connectivity index (χ1v) is 7.34. The predicted octanol–water partition coefficient (Wildman–Crippen LogP) is 2.27. The van der Waals surface area contributed by atoms with Crippen LogP contribution < -0.4 is 5.32 Å². The van der Waals surface area contributed by atoms with Crippen LogP contribution >= 0.6 is 0 Å². The fraction of sp³-hybridized carbons (Fsp3) is 0.929. The van der Waals surface area contributed by atoms with Gasteiger partial charge in [-0.2, -0.15) is 0 Å². The summed E-state index contributed by atoms with van der Waals surface area (Å²) in [5.41, 5.74) is -0.116. The van der Waals surface area contributed by atoms with Crippen LogP contribution in [0.1, 0.15) is 58.3 Å². The van der Waals surface area contributed by atoms with Crippen molar-refractivity contribution in [2.45, 2.75) is 70.0 Å². The molecule has 0 aromatic carbocycles. The Bertz CT molecular complexity index is 305. The third-order valence-electron chi connectivity index (χ3n) is 4.81. The lowest BCUT2D eigenvalue weighted by molar-refractivity contribution is -0.131. The number of carbonyl (C=O) groups is 1. The highest BCUT2D eigenvalue weighted by atomic mass is 16.2. The third-order valence-corrected chi connectivity index (χ3v) is 4.81. The van der Waals surface area contributed by atoms with E-state index in [0.29, 0.717) is 12.1 Å². The topological polar surface area (TPSA) is 32.3 Å². The smallest absolute Gasteiger partial charge is 0.244 e. The maximum Gasteiger partial charge on any atom is 0.244 e. The summed E-state index contributed by atoms with van der Waals surface area (Å²) in [6.07, 6.45) is 10.2.